The molecule has 110 valence electrons. The molecule has 1 amide bonds. The summed E-state index contributed by atoms with van der Waals surface area (Å²) in [4.78, 5) is 14.3. The Bertz CT molecular complexity index is 423. The van der Waals surface area contributed by atoms with Crippen LogP contribution in [0.4, 0.5) is 0 Å². The lowest BCUT2D eigenvalue weighted by molar-refractivity contribution is -0.131. The topological polar surface area (TPSA) is 41.6 Å². The van der Waals surface area contributed by atoms with Crippen LogP contribution >= 0.6 is 0 Å². The molecule has 1 fully saturated rings. The summed E-state index contributed by atoms with van der Waals surface area (Å²) < 4.78 is 5.12. The standard InChI is InChI=1S/C16H24N2O2/c1-17-12-14-7-9-18(10-8-14)16(19)11-13-3-5-15(20-2)6-4-13/h3-6,14,17H,7-12H2,1-2H3. The first kappa shape index (κ1) is 14.9. The van der Waals surface area contributed by atoms with Crippen LogP contribution in [-0.4, -0.2) is 44.6 Å². The van der Waals surface area contributed by atoms with E-state index in [0.29, 0.717) is 12.3 Å². The van der Waals surface area contributed by atoms with Gasteiger partial charge in [-0.3, -0.25) is 4.79 Å². The molecule has 1 aromatic rings. The number of piperidine rings is 1. The molecule has 1 aromatic carbocycles. The molecule has 1 saturated heterocycles. The van der Waals surface area contributed by atoms with E-state index >= 15 is 0 Å². The third-order valence-electron chi connectivity index (χ3n) is 3.97. The second-order valence-electron chi connectivity index (χ2n) is 5.41. The Labute approximate surface area is 121 Å². The van der Waals surface area contributed by atoms with E-state index in [0.717, 1.165) is 43.8 Å². The van der Waals surface area contributed by atoms with Gasteiger partial charge in [0.15, 0.2) is 0 Å². The molecule has 0 aliphatic carbocycles. The van der Waals surface area contributed by atoms with E-state index < -0.39 is 0 Å². The largest absolute Gasteiger partial charge is 0.497 e. The Hall–Kier alpha value is -1.55. The highest BCUT2D eigenvalue weighted by atomic mass is 16.5. The van der Waals surface area contributed by atoms with Gasteiger partial charge in [-0.05, 0) is 50.0 Å². The Morgan fingerprint density at radius 3 is 2.50 bits per heavy atom. The van der Waals surface area contributed by atoms with E-state index in [1.165, 1.54) is 0 Å². The number of likely N-dealkylation sites (tertiary alicyclic amines) is 1. The number of nitrogens with zero attached hydrogens (tertiary/aromatic N) is 1. The third kappa shape index (κ3) is 3.97. The number of nitrogens with one attached hydrogen (secondary N) is 1. The fourth-order valence-corrected chi connectivity index (χ4v) is 2.70. The van der Waals surface area contributed by atoms with Crippen molar-refractivity contribution in [2.24, 2.45) is 5.92 Å². The number of benzene rings is 1. The quantitative estimate of drug-likeness (QED) is 0.890. The maximum absolute atomic E-state index is 12.3. The summed E-state index contributed by atoms with van der Waals surface area (Å²) in [7, 11) is 3.64. The molecule has 1 aliphatic heterocycles. The number of carbonyl (C=O) groups is 1. The maximum atomic E-state index is 12.3. The van der Waals surface area contributed by atoms with Crippen LogP contribution in [0, 0.1) is 5.92 Å². The van der Waals surface area contributed by atoms with Crippen molar-refractivity contribution in [1.29, 1.82) is 0 Å². The smallest absolute Gasteiger partial charge is 0.226 e. The van der Waals surface area contributed by atoms with E-state index in [1.807, 2.05) is 36.2 Å². The molecule has 0 aromatic heterocycles. The zero-order chi connectivity index (χ0) is 14.4. The molecule has 4 heteroatoms. The van der Waals surface area contributed by atoms with Crippen molar-refractivity contribution in [3.8, 4) is 5.75 Å². The van der Waals surface area contributed by atoms with Gasteiger partial charge in [0.25, 0.3) is 0 Å². The predicted molar refractivity (Wildman–Crippen MR) is 79.9 cm³/mol. The minimum absolute atomic E-state index is 0.234. The number of amides is 1. The molecule has 0 spiro atoms. The Kier molecular flexibility index (Phi) is 5.41. The molecule has 1 aliphatic rings. The minimum Gasteiger partial charge on any atom is -0.497 e. The van der Waals surface area contributed by atoms with Gasteiger partial charge in [0.1, 0.15) is 5.75 Å². The molecule has 0 atom stereocenters. The summed E-state index contributed by atoms with van der Waals surface area (Å²) in [5.74, 6) is 1.78. The molecule has 0 saturated carbocycles. The average molecular weight is 276 g/mol. The van der Waals surface area contributed by atoms with Crippen LogP contribution in [-0.2, 0) is 11.2 Å². The number of methoxy groups -OCH3 is 1. The van der Waals surface area contributed by atoms with Crippen molar-refractivity contribution in [2.45, 2.75) is 19.3 Å². The molecule has 0 unspecified atom stereocenters. The van der Waals surface area contributed by atoms with E-state index in [-0.39, 0.29) is 5.91 Å². The zero-order valence-electron chi connectivity index (χ0n) is 12.4. The highest BCUT2D eigenvalue weighted by Crippen LogP contribution is 2.18. The highest BCUT2D eigenvalue weighted by molar-refractivity contribution is 5.78. The summed E-state index contributed by atoms with van der Waals surface area (Å²) in [5.41, 5.74) is 1.05. The second kappa shape index (κ2) is 7.29. The van der Waals surface area contributed by atoms with Crippen molar-refractivity contribution in [3.05, 3.63) is 29.8 Å². The molecular formula is C16H24N2O2. The van der Waals surface area contributed by atoms with Gasteiger partial charge in [-0.25, -0.2) is 0 Å². The Morgan fingerprint density at radius 2 is 1.95 bits per heavy atom. The molecule has 4 nitrogen and oxygen atoms in total. The molecule has 2 rings (SSSR count). The molecule has 20 heavy (non-hydrogen) atoms. The van der Waals surface area contributed by atoms with Gasteiger partial charge in [-0.2, -0.15) is 0 Å². The second-order valence-corrected chi connectivity index (χ2v) is 5.41. The third-order valence-corrected chi connectivity index (χ3v) is 3.97. The van der Waals surface area contributed by atoms with Gasteiger partial charge >= 0.3 is 0 Å². The SMILES string of the molecule is CNCC1CCN(C(=O)Cc2ccc(OC)cc2)CC1. The van der Waals surface area contributed by atoms with Crippen molar-refractivity contribution < 1.29 is 9.53 Å². The van der Waals surface area contributed by atoms with Gasteiger partial charge in [0.2, 0.25) is 5.91 Å². The van der Waals surface area contributed by atoms with Crippen molar-refractivity contribution in [2.75, 3.05) is 33.8 Å². The van der Waals surface area contributed by atoms with E-state index in [4.69, 9.17) is 4.74 Å². The highest BCUT2D eigenvalue weighted by Gasteiger charge is 2.22. The van der Waals surface area contributed by atoms with Crippen molar-refractivity contribution >= 4 is 5.91 Å². The first-order valence-electron chi connectivity index (χ1n) is 7.28. The predicted octanol–water partition coefficient (Wildman–Crippen LogP) is 1.70. The first-order chi connectivity index (χ1) is 9.72. The molecule has 1 heterocycles. The number of hydrogen-bond acceptors (Lipinski definition) is 3. The van der Waals surface area contributed by atoms with Gasteiger partial charge < -0.3 is 15.0 Å². The van der Waals surface area contributed by atoms with Gasteiger partial charge in [0.05, 0.1) is 13.5 Å². The van der Waals surface area contributed by atoms with Crippen LogP contribution in [0.2, 0.25) is 0 Å². The van der Waals surface area contributed by atoms with Crippen LogP contribution < -0.4 is 10.1 Å². The molecule has 0 bridgehead atoms. The van der Waals surface area contributed by atoms with E-state index in [1.54, 1.807) is 7.11 Å². The molecular weight excluding hydrogens is 252 g/mol. The maximum Gasteiger partial charge on any atom is 0.226 e. The lowest BCUT2D eigenvalue weighted by Gasteiger charge is -2.32. The number of carbonyl (C=O) groups excluding carboxylic acids is 1. The fourth-order valence-electron chi connectivity index (χ4n) is 2.70. The van der Waals surface area contributed by atoms with E-state index in [9.17, 15) is 4.79 Å². The lowest BCUT2D eigenvalue weighted by Crippen LogP contribution is -2.41. The normalized spacial score (nSPS) is 16.2. The van der Waals surface area contributed by atoms with Crippen LogP contribution in [0.5, 0.6) is 5.75 Å². The number of ether oxygens (including phenoxy) is 1. The minimum atomic E-state index is 0.234. The Morgan fingerprint density at radius 1 is 1.30 bits per heavy atom. The fraction of sp³-hybridized carbons (Fsp3) is 0.562. The summed E-state index contributed by atoms with van der Waals surface area (Å²) >= 11 is 0. The first-order valence-corrected chi connectivity index (χ1v) is 7.28. The van der Waals surface area contributed by atoms with Crippen LogP contribution in [0.15, 0.2) is 24.3 Å². The summed E-state index contributed by atoms with van der Waals surface area (Å²) in [6, 6.07) is 7.73. The van der Waals surface area contributed by atoms with Crippen molar-refractivity contribution in [3.63, 3.8) is 0 Å². The van der Waals surface area contributed by atoms with Gasteiger partial charge in [-0.15, -0.1) is 0 Å². The lowest BCUT2D eigenvalue weighted by atomic mass is 9.96. The monoisotopic (exact) mass is 276 g/mol. The van der Waals surface area contributed by atoms with Gasteiger partial charge in [0, 0.05) is 13.1 Å². The number of hydrogen-bond donors (Lipinski definition) is 1. The number of rotatable bonds is 5. The van der Waals surface area contributed by atoms with Crippen LogP contribution in [0.3, 0.4) is 0 Å². The van der Waals surface area contributed by atoms with Crippen LogP contribution in [0.1, 0.15) is 18.4 Å². The van der Waals surface area contributed by atoms with Crippen molar-refractivity contribution in [1.82, 2.24) is 10.2 Å². The molecule has 1 N–H and O–H groups in total. The Balaban J connectivity index is 1.83. The van der Waals surface area contributed by atoms with Crippen LogP contribution in [0.25, 0.3) is 0 Å². The van der Waals surface area contributed by atoms with E-state index in [2.05, 4.69) is 5.32 Å². The van der Waals surface area contributed by atoms with Gasteiger partial charge in [-0.1, -0.05) is 12.1 Å². The average Bonchev–Trinajstić information content (AvgIpc) is 2.49. The summed E-state index contributed by atoms with van der Waals surface area (Å²) in [5, 5.41) is 3.22. The zero-order valence-corrected chi connectivity index (χ0v) is 12.4. The summed E-state index contributed by atoms with van der Waals surface area (Å²) in [6.07, 6.45) is 2.70. The molecule has 0 radical (unpaired) electrons. The summed E-state index contributed by atoms with van der Waals surface area (Å²) in [6.45, 7) is 2.84.